The maximum absolute atomic E-state index is 12.8. The third kappa shape index (κ3) is 2.86. The molecule has 2 aromatic rings. The molecule has 0 saturated carbocycles. The van der Waals surface area contributed by atoms with Crippen LogP contribution >= 0.6 is 0 Å². The fourth-order valence-electron chi connectivity index (χ4n) is 4.99. The number of piperidine rings is 1. The van der Waals surface area contributed by atoms with Gasteiger partial charge in [-0.3, -0.25) is 4.90 Å². The second kappa shape index (κ2) is 6.49. The van der Waals surface area contributed by atoms with Crippen molar-refractivity contribution < 1.29 is 9.53 Å². The number of esters is 1. The molecule has 1 aromatic carbocycles. The standard InChI is InChI=1S/C21H28N2O2/c1-4-13(2)20-18-8-7-16(23(18)3)12-19(20)25-21(24)15-6-5-14-9-10-22-17(14)11-15/h5-6,9-11,13,16,18-20,22H,4,7-8,12H2,1-3H3/t13?,16-,18+,19-,20?/m1/s1. The smallest absolute Gasteiger partial charge is 0.338 e. The van der Waals surface area contributed by atoms with Gasteiger partial charge in [0.1, 0.15) is 6.10 Å². The minimum atomic E-state index is -0.182. The monoisotopic (exact) mass is 340 g/mol. The van der Waals surface area contributed by atoms with Gasteiger partial charge >= 0.3 is 5.97 Å². The van der Waals surface area contributed by atoms with Gasteiger partial charge in [0.2, 0.25) is 0 Å². The minimum Gasteiger partial charge on any atom is -0.458 e. The van der Waals surface area contributed by atoms with Crippen LogP contribution in [0.25, 0.3) is 10.9 Å². The first-order valence-corrected chi connectivity index (χ1v) is 9.58. The lowest BCUT2D eigenvalue weighted by Crippen LogP contribution is -2.52. The van der Waals surface area contributed by atoms with E-state index in [9.17, 15) is 4.79 Å². The van der Waals surface area contributed by atoms with Gasteiger partial charge in [0, 0.05) is 36.1 Å². The van der Waals surface area contributed by atoms with Crippen LogP contribution in [0.3, 0.4) is 0 Å². The van der Waals surface area contributed by atoms with Gasteiger partial charge in [0.15, 0.2) is 0 Å². The van der Waals surface area contributed by atoms with E-state index in [1.165, 1.54) is 12.8 Å². The number of carbonyl (C=O) groups is 1. The van der Waals surface area contributed by atoms with Gasteiger partial charge in [-0.25, -0.2) is 4.79 Å². The number of H-pyrrole nitrogens is 1. The van der Waals surface area contributed by atoms with E-state index in [0.29, 0.717) is 29.5 Å². The van der Waals surface area contributed by atoms with Crippen molar-refractivity contribution in [1.82, 2.24) is 9.88 Å². The maximum atomic E-state index is 12.8. The maximum Gasteiger partial charge on any atom is 0.338 e. The number of fused-ring (bicyclic) bond motifs is 3. The van der Waals surface area contributed by atoms with E-state index in [2.05, 4.69) is 30.8 Å². The summed E-state index contributed by atoms with van der Waals surface area (Å²) in [4.78, 5) is 18.5. The van der Waals surface area contributed by atoms with Crippen molar-refractivity contribution >= 4 is 16.9 Å². The van der Waals surface area contributed by atoms with Crippen molar-refractivity contribution in [3.05, 3.63) is 36.0 Å². The number of nitrogens with one attached hydrogen (secondary N) is 1. The van der Waals surface area contributed by atoms with E-state index in [0.717, 1.165) is 23.7 Å². The lowest BCUT2D eigenvalue weighted by Gasteiger charge is -2.44. The van der Waals surface area contributed by atoms with Crippen LogP contribution in [0.5, 0.6) is 0 Å². The lowest BCUT2D eigenvalue weighted by atomic mass is 9.77. The molecule has 2 fully saturated rings. The summed E-state index contributed by atoms with van der Waals surface area (Å²) >= 11 is 0. The SMILES string of the molecule is CCC(C)C1[C@H](OC(=O)c2ccc3cc[nH]c3c2)C[C@H]2CC[C@@H]1N2C. The zero-order valence-electron chi connectivity index (χ0n) is 15.4. The number of hydrogen-bond donors (Lipinski definition) is 1. The van der Waals surface area contributed by atoms with Gasteiger partial charge in [0.05, 0.1) is 5.56 Å². The average Bonchev–Trinajstić information content (AvgIpc) is 3.16. The average molecular weight is 340 g/mol. The molecule has 134 valence electrons. The first kappa shape index (κ1) is 16.6. The summed E-state index contributed by atoms with van der Waals surface area (Å²) in [7, 11) is 2.24. The molecule has 4 heteroatoms. The normalized spacial score (nSPS) is 30.5. The van der Waals surface area contributed by atoms with Crippen LogP contribution in [0.15, 0.2) is 30.5 Å². The third-order valence-electron chi connectivity index (χ3n) is 6.62. The third-order valence-corrected chi connectivity index (χ3v) is 6.62. The summed E-state index contributed by atoms with van der Waals surface area (Å²) in [6, 6.07) is 8.89. The van der Waals surface area contributed by atoms with Crippen molar-refractivity contribution in [3.8, 4) is 0 Å². The van der Waals surface area contributed by atoms with E-state index in [1.54, 1.807) is 0 Å². The largest absolute Gasteiger partial charge is 0.458 e. The molecule has 1 N–H and O–H groups in total. The number of ether oxygens (including phenoxy) is 1. The molecule has 0 radical (unpaired) electrons. The van der Waals surface area contributed by atoms with E-state index in [-0.39, 0.29) is 12.1 Å². The molecular formula is C21H28N2O2. The number of aromatic nitrogens is 1. The van der Waals surface area contributed by atoms with Crippen LogP contribution in [0.2, 0.25) is 0 Å². The Labute approximate surface area is 149 Å². The molecular weight excluding hydrogens is 312 g/mol. The summed E-state index contributed by atoms with van der Waals surface area (Å²) in [5, 5.41) is 1.12. The summed E-state index contributed by atoms with van der Waals surface area (Å²) < 4.78 is 6.09. The van der Waals surface area contributed by atoms with Gasteiger partial charge < -0.3 is 9.72 Å². The van der Waals surface area contributed by atoms with Crippen LogP contribution in [0.4, 0.5) is 0 Å². The van der Waals surface area contributed by atoms with Crippen molar-refractivity contribution in [3.63, 3.8) is 0 Å². The van der Waals surface area contributed by atoms with Crippen molar-refractivity contribution in [2.24, 2.45) is 11.8 Å². The van der Waals surface area contributed by atoms with Crippen molar-refractivity contribution in [2.75, 3.05) is 7.05 Å². The number of aromatic amines is 1. The van der Waals surface area contributed by atoms with E-state index in [4.69, 9.17) is 4.74 Å². The Morgan fingerprint density at radius 3 is 3.00 bits per heavy atom. The Hall–Kier alpha value is -1.81. The fraction of sp³-hybridized carbons (Fsp3) is 0.571. The van der Waals surface area contributed by atoms with Gasteiger partial charge in [-0.15, -0.1) is 0 Å². The molecule has 0 amide bonds. The van der Waals surface area contributed by atoms with Gasteiger partial charge in [-0.1, -0.05) is 26.3 Å². The molecule has 5 atom stereocenters. The molecule has 1 aromatic heterocycles. The molecule has 0 aliphatic carbocycles. The molecule has 2 saturated heterocycles. The summed E-state index contributed by atoms with van der Waals surface area (Å²) in [6.07, 6.45) is 6.50. The molecule has 25 heavy (non-hydrogen) atoms. The zero-order valence-corrected chi connectivity index (χ0v) is 15.4. The second-order valence-electron chi connectivity index (χ2n) is 7.89. The van der Waals surface area contributed by atoms with Gasteiger partial charge in [0.25, 0.3) is 0 Å². The molecule has 4 rings (SSSR count). The number of carbonyl (C=O) groups excluding carboxylic acids is 1. The molecule has 2 aliphatic rings. The van der Waals surface area contributed by atoms with Crippen LogP contribution in [0, 0.1) is 11.8 Å². The number of hydrogen-bond acceptors (Lipinski definition) is 3. The van der Waals surface area contributed by atoms with Crippen LogP contribution < -0.4 is 0 Å². The molecule has 3 heterocycles. The highest BCUT2D eigenvalue weighted by Crippen LogP contribution is 2.43. The highest BCUT2D eigenvalue weighted by Gasteiger charge is 2.48. The molecule has 2 aliphatic heterocycles. The van der Waals surface area contributed by atoms with E-state index < -0.39 is 0 Å². The number of benzene rings is 1. The van der Waals surface area contributed by atoms with Crippen LogP contribution in [-0.4, -0.2) is 41.1 Å². The first-order chi connectivity index (χ1) is 12.1. The second-order valence-corrected chi connectivity index (χ2v) is 7.89. The predicted octanol–water partition coefficient (Wildman–Crippen LogP) is 4.22. The topological polar surface area (TPSA) is 45.3 Å². The predicted molar refractivity (Wildman–Crippen MR) is 99.6 cm³/mol. The van der Waals surface area contributed by atoms with E-state index >= 15 is 0 Å². The van der Waals surface area contributed by atoms with Gasteiger partial charge in [-0.05, 0) is 49.4 Å². The van der Waals surface area contributed by atoms with Crippen LogP contribution in [-0.2, 0) is 4.74 Å². The number of nitrogens with zero attached hydrogens (tertiary/aromatic N) is 1. The fourth-order valence-corrected chi connectivity index (χ4v) is 4.99. The Kier molecular flexibility index (Phi) is 4.32. The quantitative estimate of drug-likeness (QED) is 0.848. The van der Waals surface area contributed by atoms with Crippen molar-refractivity contribution in [2.45, 2.75) is 57.7 Å². The van der Waals surface area contributed by atoms with Gasteiger partial charge in [-0.2, -0.15) is 0 Å². The Morgan fingerprint density at radius 2 is 2.20 bits per heavy atom. The first-order valence-electron chi connectivity index (χ1n) is 9.58. The van der Waals surface area contributed by atoms with E-state index in [1.807, 2.05) is 30.5 Å². The zero-order chi connectivity index (χ0) is 17.6. The number of rotatable bonds is 4. The van der Waals surface area contributed by atoms with Crippen LogP contribution in [0.1, 0.15) is 49.9 Å². The highest BCUT2D eigenvalue weighted by molar-refractivity contribution is 5.94. The Bertz CT molecular complexity index is 768. The Morgan fingerprint density at radius 1 is 1.36 bits per heavy atom. The molecule has 4 nitrogen and oxygen atoms in total. The summed E-state index contributed by atoms with van der Waals surface area (Å²) in [6.45, 7) is 4.55. The minimum absolute atomic E-state index is 0.0375. The molecule has 0 spiro atoms. The lowest BCUT2D eigenvalue weighted by molar-refractivity contribution is -0.0507. The summed E-state index contributed by atoms with van der Waals surface area (Å²) in [5.74, 6) is 0.820. The highest BCUT2D eigenvalue weighted by atomic mass is 16.5. The van der Waals surface area contributed by atoms with Crippen molar-refractivity contribution in [1.29, 1.82) is 0 Å². The molecule has 2 unspecified atom stereocenters. The molecule has 2 bridgehead atoms. The Balaban J connectivity index is 1.56. The summed E-state index contributed by atoms with van der Waals surface area (Å²) in [5.41, 5.74) is 1.63.